The molecule has 7 nitrogen and oxygen atoms in total. The molecule has 1 unspecified atom stereocenters. The predicted octanol–water partition coefficient (Wildman–Crippen LogP) is 1.76. The Morgan fingerprint density at radius 1 is 1.07 bits per heavy atom. The number of nitrogens with zero attached hydrogens (tertiary/aromatic N) is 2. The first-order valence-electron chi connectivity index (χ1n) is 8.05. The molecule has 0 aliphatic carbocycles. The summed E-state index contributed by atoms with van der Waals surface area (Å²) in [5.41, 5.74) is -0.181. The molecule has 0 bridgehead atoms. The number of hydrogen-bond acceptors (Lipinski definition) is 5. The van der Waals surface area contributed by atoms with Gasteiger partial charge in [0, 0.05) is 39.3 Å². The van der Waals surface area contributed by atoms with Gasteiger partial charge in [-0.05, 0) is 26.3 Å². The molecule has 1 radical (unpaired) electrons. The van der Waals surface area contributed by atoms with E-state index >= 15 is 0 Å². The molecular weight excluding hydrogens is 444 g/mol. The van der Waals surface area contributed by atoms with Crippen LogP contribution >= 0.6 is 9.24 Å². The van der Waals surface area contributed by atoms with Crippen LogP contribution in [0.2, 0.25) is 0 Å². The smallest absolute Gasteiger partial charge is 0.408 e. The maximum absolute atomic E-state index is 12.6. The van der Waals surface area contributed by atoms with Crippen LogP contribution in [-0.4, -0.2) is 58.8 Å². The van der Waals surface area contributed by atoms with E-state index in [1.807, 2.05) is 39.6 Å². The van der Waals surface area contributed by atoms with Crippen molar-refractivity contribution in [1.82, 2.24) is 9.80 Å². The van der Waals surface area contributed by atoms with Crippen molar-refractivity contribution >= 4 is 33.1 Å². The third-order valence-corrected chi connectivity index (χ3v) is 3.33. The predicted molar refractivity (Wildman–Crippen MR) is 100 cm³/mol. The Kier molecular flexibility index (Phi) is 11.8. The second-order valence-electron chi connectivity index (χ2n) is 6.68. The fraction of sp³-hybridized carbons (Fsp3) is 0.444. The number of ether oxygens (including phenoxy) is 1. The molecule has 0 N–H and O–H groups in total. The van der Waals surface area contributed by atoms with E-state index in [1.165, 1.54) is 4.90 Å². The average molecular weight is 468 g/mol. The van der Waals surface area contributed by atoms with Crippen LogP contribution in [0.4, 0.5) is 4.79 Å². The van der Waals surface area contributed by atoms with Gasteiger partial charge in [0.1, 0.15) is 12.1 Å². The van der Waals surface area contributed by atoms with Gasteiger partial charge in [0.2, 0.25) is 5.91 Å². The van der Waals surface area contributed by atoms with Crippen molar-refractivity contribution in [3.05, 3.63) is 35.9 Å². The summed E-state index contributed by atoms with van der Waals surface area (Å²) < 4.78 is 5.20. The van der Waals surface area contributed by atoms with E-state index in [1.54, 1.807) is 27.1 Å². The molecule has 0 saturated carbocycles. The van der Waals surface area contributed by atoms with Crippen molar-refractivity contribution < 1.29 is 56.6 Å². The molecule has 0 fully saturated rings. The Labute approximate surface area is 187 Å². The Hall–Kier alpha value is -1.17. The van der Waals surface area contributed by atoms with E-state index in [9.17, 15) is 19.2 Å². The fourth-order valence-electron chi connectivity index (χ4n) is 2.08. The van der Waals surface area contributed by atoms with Crippen molar-refractivity contribution in [2.24, 2.45) is 0 Å². The molecule has 145 valence electrons. The van der Waals surface area contributed by atoms with E-state index in [-0.39, 0.29) is 57.9 Å². The maximum Gasteiger partial charge on any atom is 0.408 e. The number of benzene rings is 1. The average Bonchev–Trinajstić information content (AvgIpc) is 2.52. The second kappa shape index (κ2) is 12.3. The molecule has 0 spiro atoms. The number of carbonyl (C=O) groups is 3. The van der Waals surface area contributed by atoms with Crippen LogP contribution in [0.15, 0.2) is 30.3 Å². The van der Waals surface area contributed by atoms with Crippen LogP contribution < -0.4 is 0 Å². The first-order chi connectivity index (χ1) is 12.1. The second-order valence-corrected chi connectivity index (χ2v) is 7.33. The fourth-order valence-corrected chi connectivity index (χ4v) is 2.30. The van der Waals surface area contributed by atoms with Crippen molar-refractivity contribution in [2.75, 3.05) is 19.6 Å². The number of amides is 2. The Morgan fingerprint density at radius 2 is 1.67 bits per heavy atom. The maximum atomic E-state index is 12.6. The quantitative estimate of drug-likeness (QED) is 0.429. The van der Waals surface area contributed by atoms with E-state index in [0.29, 0.717) is 0 Å². The third-order valence-electron chi connectivity index (χ3n) is 3.15. The summed E-state index contributed by atoms with van der Waals surface area (Å²) in [6, 6.07) is 9.17. The normalized spacial score (nSPS) is 10.4. The van der Waals surface area contributed by atoms with Gasteiger partial charge in [-0.25, -0.2) is 11.1 Å². The summed E-state index contributed by atoms with van der Waals surface area (Å²) in [6.45, 7) is 4.38. The summed E-state index contributed by atoms with van der Waals surface area (Å²) in [7, 11) is 2.02. The summed E-state index contributed by atoms with van der Waals surface area (Å²) >= 11 is 0. The summed E-state index contributed by atoms with van der Waals surface area (Å²) in [5, 5.41) is 0. The van der Waals surface area contributed by atoms with Gasteiger partial charge in [0.05, 0.1) is 6.54 Å². The van der Waals surface area contributed by atoms with Crippen LogP contribution in [0.25, 0.3) is 0 Å². The molecule has 0 aliphatic rings. The summed E-state index contributed by atoms with van der Waals surface area (Å²) in [5.74, 6) is -0.467. The Bertz CT molecular complexity index is 649. The first kappa shape index (κ1) is 25.8. The van der Waals surface area contributed by atoms with Crippen LogP contribution in [0.5, 0.6) is 0 Å². The molecule has 27 heavy (non-hydrogen) atoms. The molecule has 1 aromatic rings. The zero-order chi connectivity index (χ0) is 19.7. The van der Waals surface area contributed by atoms with Crippen molar-refractivity contribution in [2.45, 2.75) is 32.9 Å². The molecule has 0 heterocycles. The van der Waals surface area contributed by atoms with Crippen LogP contribution in [0.3, 0.4) is 0 Å². The third kappa shape index (κ3) is 10.7. The molecule has 2 amide bonds. The van der Waals surface area contributed by atoms with Gasteiger partial charge in [0.15, 0.2) is 5.52 Å². The van der Waals surface area contributed by atoms with Gasteiger partial charge < -0.3 is 19.3 Å². The van der Waals surface area contributed by atoms with Gasteiger partial charge in [-0.3, -0.25) is 9.59 Å². The van der Waals surface area contributed by atoms with Gasteiger partial charge in [-0.2, -0.15) is 0 Å². The number of carbonyl (C=O) groups excluding carboxylic acids is 4. The van der Waals surface area contributed by atoms with Crippen molar-refractivity contribution in [1.29, 1.82) is 0 Å². The monoisotopic (exact) mass is 468 g/mol. The minimum Gasteiger partial charge on any atom is -0.540 e. The van der Waals surface area contributed by atoms with E-state index in [0.717, 1.165) is 10.5 Å². The van der Waals surface area contributed by atoms with E-state index in [4.69, 9.17) is 4.74 Å². The molecule has 9 heteroatoms. The SMILES string of the molecule is CC(C)(C)OC(=O)N(C[C-]=O)CC(=O)N(CC(=O)P)Cc1ccccc1.[Y]. The number of hydrogen-bond donors (Lipinski definition) is 0. The minimum absolute atomic E-state index is 0. The topological polar surface area (TPSA) is 84.0 Å². The van der Waals surface area contributed by atoms with Gasteiger partial charge in [0.25, 0.3) is 0 Å². The molecule has 0 aliphatic heterocycles. The standard InChI is InChI=1S/C18H24N2O5P.Y/c1-18(2,3)25-17(24)19(9-10-21)12-15(22)20(13-16(23)26)11-14-7-5-4-6-8-14;/h4-8H,9,11-13,26H2,1-3H3;/q-1;. The zero-order valence-electron chi connectivity index (χ0n) is 15.8. The molecule has 1 atom stereocenters. The van der Waals surface area contributed by atoms with E-state index in [2.05, 4.69) is 0 Å². The summed E-state index contributed by atoms with van der Waals surface area (Å²) in [4.78, 5) is 49.3. The van der Waals surface area contributed by atoms with Gasteiger partial charge in [-0.1, -0.05) is 46.1 Å². The Morgan fingerprint density at radius 3 is 2.15 bits per heavy atom. The van der Waals surface area contributed by atoms with Crippen LogP contribution in [0, 0.1) is 0 Å². The van der Waals surface area contributed by atoms with Crippen molar-refractivity contribution in [3.8, 4) is 0 Å². The largest absolute Gasteiger partial charge is 0.540 e. The van der Waals surface area contributed by atoms with E-state index < -0.39 is 24.1 Å². The molecule has 1 rings (SSSR count). The van der Waals surface area contributed by atoms with Crippen molar-refractivity contribution in [3.63, 3.8) is 0 Å². The van der Waals surface area contributed by atoms with Crippen LogP contribution in [0.1, 0.15) is 26.3 Å². The molecule has 0 saturated heterocycles. The first-order valence-corrected chi connectivity index (χ1v) is 8.63. The molecular formula is C18H24N2O5PY-. The molecule has 1 aromatic carbocycles. The number of rotatable bonds is 8. The minimum atomic E-state index is -0.786. The summed E-state index contributed by atoms with van der Waals surface area (Å²) in [6.07, 6.45) is 0.816. The van der Waals surface area contributed by atoms with Crippen LogP contribution in [-0.2, 0) is 58.4 Å². The van der Waals surface area contributed by atoms with Gasteiger partial charge >= 0.3 is 6.09 Å². The zero-order valence-corrected chi connectivity index (χ0v) is 19.8. The Balaban J connectivity index is 0.00000676. The van der Waals surface area contributed by atoms with Gasteiger partial charge in [-0.15, -0.1) is 0 Å². The molecule has 0 aromatic heterocycles.